The average Bonchev–Trinajstić information content (AvgIpc) is 3.14. The Hall–Kier alpha value is -4.15. The van der Waals surface area contributed by atoms with Crippen LogP contribution >= 0.6 is 0 Å². The number of nitrogens with one attached hydrogen (secondary N) is 1. The van der Waals surface area contributed by atoms with Crippen LogP contribution in [0.15, 0.2) is 49.4 Å². The van der Waals surface area contributed by atoms with Gasteiger partial charge in [-0.1, -0.05) is 0 Å². The third-order valence-corrected chi connectivity index (χ3v) is 4.91. The Labute approximate surface area is 174 Å². The summed E-state index contributed by atoms with van der Waals surface area (Å²) >= 11 is 0. The molecule has 0 atom stereocenters. The highest BCUT2D eigenvalue weighted by molar-refractivity contribution is 5.90. The second-order valence-corrected chi connectivity index (χ2v) is 6.90. The minimum absolute atomic E-state index is 0.149. The number of imidazole rings is 1. The fourth-order valence-corrected chi connectivity index (χ4v) is 3.42. The lowest BCUT2D eigenvalue weighted by Gasteiger charge is -2.10. The van der Waals surface area contributed by atoms with Crippen LogP contribution in [0.3, 0.4) is 0 Å². The number of ether oxygens (including phenoxy) is 1. The Kier molecular flexibility index (Phi) is 4.93. The van der Waals surface area contributed by atoms with E-state index in [2.05, 4.69) is 10.3 Å². The van der Waals surface area contributed by atoms with Crippen LogP contribution in [0.2, 0.25) is 0 Å². The lowest BCUT2D eigenvalue weighted by Crippen LogP contribution is -2.37. The summed E-state index contributed by atoms with van der Waals surface area (Å²) in [5.41, 5.74) is 0.209. The summed E-state index contributed by atoms with van der Waals surface area (Å²) in [6.07, 6.45) is 0.828. The number of hydrogen-bond donors (Lipinski definition) is 1. The van der Waals surface area contributed by atoms with E-state index in [1.165, 1.54) is 37.1 Å². The molecule has 1 aromatic carbocycles. The first-order chi connectivity index (χ1) is 14.8. The first-order valence-electron chi connectivity index (χ1n) is 9.41. The molecule has 0 saturated heterocycles. The smallest absolute Gasteiger partial charge is 0.411 e. The third-order valence-electron chi connectivity index (χ3n) is 4.91. The Morgan fingerprint density at radius 1 is 1.16 bits per heavy atom. The lowest BCUT2D eigenvalue weighted by atomic mass is 10.1. The molecule has 0 aliphatic heterocycles. The molecule has 4 aromatic rings. The zero-order chi connectivity index (χ0) is 22.3. The van der Waals surface area contributed by atoms with E-state index in [4.69, 9.17) is 9.15 Å². The van der Waals surface area contributed by atoms with Gasteiger partial charge >= 0.3 is 17.4 Å². The number of nitrogens with zero attached hydrogens (tertiary/aromatic N) is 4. The van der Waals surface area contributed by atoms with Crippen molar-refractivity contribution in [1.29, 1.82) is 0 Å². The van der Waals surface area contributed by atoms with Crippen molar-refractivity contribution >= 4 is 33.9 Å². The summed E-state index contributed by atoms with van der Waals surface area (Å²) in [5, 5.41) is 3.18. The van der Waals surface area contributed by atoms with E-state index in [0.29, 0.717) is 16.6 Å². The van der Waals surface area contributed by atoms with Gasteiger partial charge in [0.05, 0.1) is 19.5 Å². The van der Waals surface area contributed by atoms with Gasteiger partial charge in [-0.25, -0.2) is 19.4 Å². The maximum atomic E-state index is 12.7. The van der Waals surface area contributed by atoms with Crippen molar-refractivity contribution in [3.63, 3.8) is 0 Å². The predicted octanol–water partition coefficient (Wildman–Crippen LogP) is 1.16. The van der Waals surface area contributed by atoms with Crippen LogP contribution in [-0.4, -0.2) is 31.4 Å². The van der Waals surface area contributed by atoms with Gasteiger partial charge in [0.15, 0.2) is 11.2 Å². The predicted molar refractivity (Wildman–Crippen MR) is 112 cm³/mol. The van der Waals surface area contributed by atoms with Crippen molar-refractivity contribution in [3.8, 4) is 0 Å². The molecule has 0 bridgehead atoms. The summed E-state index contributed by atoms with van der Waals surface area (Å²) in [6.45, 7) is 2.07. The van der Waals surface area contributed by atoms with E-state index in [-0.39, 0.29) is 29.9 Å². The van der Waals surface area contributed by atoms with E-state index in [0.717, 1.165) is 4.57 Å². The number of rotatable bonds is 4. The minimum Gasteiger partial charge on any atom is -0.450 e. The molecule has 1 N–H and O–H groups in total. The minimum atomic E-state index is -0.619. The van der Waals surface area contributed by atoms with Crippen LogP contribution in [0.4, 0.5) is 10.5 Å². The number of fused-ring (bicyclic) bond motifs is 2. The SMILES string of the molecule is CCOC(=O)Nc1ccc2c(Cn3cnc4c3c(=O)n(C)c(=O)n4C)cc(=O)oc2c1. The Balaban J connectivity index is 1.81. The molecule has 11 heteroatoms. The summed E-state index contributed by atoms with van der Waals surface area (Å²) in [5.74, 6) is 0. The summed E-state index contributed by atoms with van der Waals surface area (Å²) in [7, 11) is 2.93. The highest BCUT2D eigenvalue weighted by atomic mass is 16.5. The van der Waals surface area contributed by atoms with Crippen LogP contribution in [0.1, 0.15) is 12.5 Å². The van der Waals surface area contributed by atoms with Gasteiger partial charge in [-0.2, -0.15) is 0 Å². The second-order valence-electron chi connectivity index (χ2n) is 6.90. The van der Waals surface area contributed by atoms with Gasteiger partial charge in [0.1, 0.15) is 5.58 Å². The topological polar surface area (TPSA) is 130 Å². The van der Waals surface area contributed by atoms with Gasteiger partial charge in [0, 0.05) is 37.3 Å². The zero-order valence-electron chi connectivity index (χ0n) is 17.0. The van der Waals surface area contributed by atoms with E-state index < -0.39 is 23.0 Å². The molecule has 0 aliphatic rings. The summed E-state index contributed by atoms with van der Waals surface area (Å²) < 4.78 is 14.0. The Bertz CT molecular complexity index is 1510. The van der Waals surface area contributed by atoms with Crippen molar-refractivity contribution < 1.29 is 13.9 Å². The van der Waals surface area contributed by atoms with Gasteiger partial charge in [-0.05, 0) is 24.6 Å². The molecule has 0 spiro atoms. The van der Waals surface area contributed by atoms with Crippen molar-refractivity contribution in [3.05, 3.63) is 67.4 Å². The molecule has 1 amide bonds. The zero-order valence-corrected chi connectivity index (χ0v) is 17.0. The molecule has 0 saturated carbocycles. The maximum Gasteiger partial charge on any atom is 0.411 e. The highest BCUT2D eigenvalue weighted by Gasteiger charge is 2.16. The first-order valence-corrected chi connectivity index (χ1v) is 9.41. The lowest BCUT2D eigenvalue weighted by molar-refractivity contribution is 0.168. The largest absolute Gasteiger partial charge is 0.450 e. The number of hydrogen-bond acceptors (Lipinski definition) is 7. The third kappa shape index (κ3) is 3.50. The fourth-order valence-electron chi connectivity index (χ4n) is 3.42. The first kappa shape index (κ1) is 20.1. The fraction of sp³-hybridized carbons (Fsp3) is 0.250. The molecule has 0 unspecified atom stereocenters. The number of benzene rings is 1. The number of carbonyl (C=O) groups is 1. The molecule has 0 radical (unpaired) electrons. The molecular formula is C20H19N5O6. The standard InChI is InChI=1S/C20H19N5O6/c1-4-30-19(28)22-12-5-6-13-11(7-15(26)31-14(13)8-12)9-25-10-21-17-16(25)18(27)24(3)20(29)23(17)2/h5-8,10H,4,9H2,1-3H3,(H,22,28). The van der Waals surface area contributed by atoms with E-state index >= 15 is 0 Å². The molecule has 4 rings (SSSR count). The van der Waals surface area contributed by atoms with Gasteiger partial charge in [-0.3, -0.25) is 19.2 Å². The monoisotopic (exact) mass is 425 g/mol. The number of anilines is 1. The van der Waals surface area contributed by atoms with Crippen molar-refractivity contribution in [2.75, 3.05) is 11.9 Å². The molecular weight excluding hydrogens is 406 g/mol. The van der Waals surface area contributed by atoms with Crippen LogP contribution in [0.25, 0.3) is 22.1 Å². The van der Waals surface area contributed by atoms with Crippen LogP contribution in [0.5, 0.6) is 0 Å². The molecule has 3 aromatic heterocycles. The van der Waals surface area contributed by atoms with E-state index in [1.54, 1.807) is 23.6 Å². The maximum absolute atomic E-state index is 12.7. The normalized spacial score (nSPS) is 11.2. The summed E-state index contributed by atoms with van der Waals surface area (Å²) in [4.78, 5) is 52.8. The van der Waals surface area contributed by atoms with Crippen LogP contribution in [0, 0.1) is 0 Å². The van der Waals surface area contributed by atoms with Crippen molar-refractivity contribution in [1.82, 2.24) is 18.7 Å². The van der Waals surface area contributed by atoms with Crippen LogP contribution < -0.4 is 22.2 Å². The van der Waals surface area contributed by atoms with Gasteiger partial charge in [-0.15, -0.1) is 0 Å². The molecule has 11 nitrogen and oxygen atoms in total. The quantitative estimate of drug-likeness (QED) is 0.486. The number of aryl methyl sites for hydroxylation is 1. The number of amides is 1. The average molecular weight is 425 g/mol. The second kappa shape index (κ2) is 7.59. The molecule has 160 valence electrons. The molecule has 3 heterocycles. The van der Waals surface area contributed by atoms with E-state index in [9.17, 15) is 19.2 Å². The molecule has 31 heavy (non-hydrogen) atoms. The van der Waals surface area contributed by atoms with Crippen molar-refractivity contribution in [2.24, 2.45) is 14.1 Å². The van der Waals surface area contributed by atoms with Gasteiger partial charge in [0.2, 0.25) is 0 Å². The molecule has 0 aliphatic carbocycles. The Morgan fingerprint density at radius 3 is 2.68 bits per heavy atom. The Morgan fingerprint density at radius 2 is 1.94 bits per heavy atom. The number of carbonyl (C=O) groups excluding carboxylic acids is 1. The van der Waals surface area contributed by atoms with Gasteiger partial charge in [0.25, 0.3) is 5.56 Å². The summed E-state index contributed by atoms with van der Waals surface area (Å²) in [6, 6.07) is 6.20. The van der Waals surface area contributed by atoms with Gasteiger partial charge < -0.3 is 13.7 Å². The van der Waals surface area contributed by atoms with Crippen molar-refractivity contribution in [2.45, 2.75) is 13.5 Å². The van der Waals surface area contributed by atoms with E-state index in [1.807, 2.05) is 0 Å². The van der Waals surface area contributed by atoms with Crippen LogP contribution in [-0.2, 0) is 25.4 Å². The molecule has 0 fully saturated rings. The number of aromatic nitrogens is 4. The highest BCUT2D eigenvalue weighted by Crippen LogP contribution is 2.23.